The van der Waals surface area contributed by atoms with Crippen molar-refractivity contribution in [2.24, 2.45) is 11.7 Å². The second-order valence-corrected chi connectivity index (χ2v) is 11.7. The molecule has 226 valence electrons. The fourth-order valence-corrected chi connectivity index (χ4v) is 6.22. The average Bonchev–Trinajstić information content (AvgIpc) is 2.89. The highest BCUT2D eigenvalue weighted by molar-refractivity contribution is 8.00. The predicted octanol–water partition coefficient (Wildman–Crippen LogP) is -0.720. The van der Waals surface area contributed by atoms with E-state index < -0.39 is 59.3 Å². The van der Waals surface area contributed by atoms with Gasteiger partial charge in [0.25, 0.3) is 0 Å². The molecule has 2 aliphatic rings. The van der Waals surface area contributed by atoms with Crippen molar-refractivity contribution in [3.05, 3.63) is 23.5 Å². The minimum absolute atomic E-state index is 0.0514. The average molecular weight is 587 g/mol. The largest absolute Gasteiger partial charge is 0.497 e. The van der Waals surface area contributed by atoms with Crippen molar-refractivity contribution in [3.8, 4) is 0 Å². The third-order valence-corrected chi connectivity index (χ3v) is 8.44. The van der Waals surface area contributed by atoms with Gasteiger partial charge in [-0.3, -0.25) is 19.2 Å². The van der Waals surface area contributed by atoms with Gasteiger partial charge in [0.05, 0.1) is 24.1 Å². The van der Waals surface area contributed by atoms with Gasteiger partial charge >= 0.3 is 11.9 Å². The van der Waals surface area contributed by atoms with Crippen LogP contribution in [0.5, 0.6) is 0 Å². The molecule has 0 radical (unpaired) electrons. The summed E-state index contributed by atoms with van der Waals surface area (Å²) in [6, 6.07) is -2.43. The van der Waals surface area contributed by atoms with E-state index in [4.69, 9.17) is 20.7 Å². The lowest BCUT2D eigenvalue weighted by molar-refractivity contribution is -0.139. The number of carbonyl (C=O) groups is 4. The van der Waals surface area contributed by atoms with Crippen molar-refractivity contribution in [1.82, 2.24) is 15.5 Å². The molecule has 0 heterocycles. The molecule has 0 aromatic heterocycles. The van der Waals surface area contributed by atoms with Crippen LogP contribution >= 0.6 is 11.8 Å². The number of thioether (sulfide) groups is 1. The zero-order valence-electron chi connectivity index (χ0n) is 23.2. The molecular weight excluding hydrogens is 544 g/mol. The topological polar surface area (TPSA) is 212 Å². The first-order valence-electron chi connectivity index (χ1n) is 13.2. The number of methoxy groups -OCH3 is 1. The number of rotatable bonds is 15. The molecule has 40 heavy (non-hydrogen) atoms. The van der Waals surface area contributed by atoms with Gasteiger partial charge in [0.15, 0.2) is 0 Å². The summed E-state index contributed by atoms with van der Waals surface area (Å²) in [5, 5.41) is 45.3. The van der Waals surface area contributed by atoms with Crippen molar-refractivity contribution in [2.75, 3.05) is 40.0 Å². The lowest BCUT2D eigenvalue weighted by Gasteiger charge is -2.46. The second-order valence-electron chi connectivity index (χ2n) is 10.5. The number of hydrogen-bond acceptors (Lipinski definition) is 10. The highest BCUT2D eigenvalue weighted by Gasteiger charge is 2.47. The number of ether oxygens (including phenoxy) is 1. The number of aliphatic hydroxyl groups is 2. The minimum Gasteiger partial charge on any atom is -0.497 e. The summed E-state index contributed by atoms with van der Waals surface area (Å²) in [5.74, 6) is -3.62. The third kappa shape index (κ3) is 9.47. The summed E-state index contributed by atoms with van der Waals surface area (Å²) in [6.45, 7) is -0.0273. The van der Waals surface area contributed by atoms with Crippen molar-refractivity contribution in [2.45, 2.75) is 67.6 Å². The van der Waals surface area contributed by atoms with Crippen molar-refractivity contribution < 1.29 is 44.3 Å². The fraction of sp³-hybridized carbons (Fsp3) is 0.692. The Morgan fingerprint density at radius 2 is 1.95 bits per heavy atom. The van der Waals surface area contributed by atoms with Crippen molar-refractivity contribution >= 4 is 35.5 Å². The lowest BCUT2D eigenvalue weighted by atomic mass is 9.68. The van der Waals surface area contributed by atoms with E-state index in [2.05, 4.69) is 10.6 Å². The van der Waals surface area contributed by atoms with Gasteiger partial charge < -0.3 is 46.4 Å². The van der Waals surface area contributed by atoms with E-state index in [1.165, 1.54) is 7.11 Å². The number of carboxylic acids is 2. The van der Waals surface area contributed by atoms with Gasteiger partial charge in [0, 0.05) is 24.6 Å². The van der Waals surface area contributed by atoms with E-state index in [9.17, 15) is 29.4 Å². The SMILES string of the molecule is COC1=CC(SCC(NC(=O)CCC(N)C(=O)O)C(=O)NCC(=O)O)C(O)C(C2(O)CCCCC2CN(C)C)=C1. The first-order valence-corrected chi connectivity index (χ1v) is 14.2. The normalized spacial score (nSPS) is 26.2. The predicted molar refractivity (Wildman–Crippen MR) is 148 cm³/mol. The summed E-state index contributed by atoms with van der Waals surface area (Å²) >= 11 is 1.14. The van der Waals surface area contributed by atoms with E-state index >= 15 is 0 Å². The van der Waals surface area contributed by atoms with Crippen molar-refractivity contribution in [1.29, 1.82) is 0 Å². The number of nitrogens with one attached hydrogen (secondary N) is 2. The van der Waals surface area contributed by atoms with Gasteiger partial charge in [0.1, 0.15) is 24.4 Å². The maximum atomic E-state index is 12.7. The number of amides is 2. The highest BCUT2D eigenvalue weighted by Crippen LogP contribution is 2.44. The van der Waals surface area contributed by atoms with Gasteiger partial charge in [-0.1, -0.05) is 12.8 Å². The molecule has 0 spiro atoms. The molecule has 0 aromatic rings. The summed E-state index contributed by atoms with van der Waals surface area (Å²) in [4.78, 5) is 49.1. The molecule has 0 bridgehead atoms. The van der Waals surface area contributed by atoms with Crippen LogP contribution in [0, 0.1) is 5.92 Å². The zero-order chi connectivity index (χ0) is 30.0. The number of nitrogens with zero attached hydrogens (tertiary/aromatic N) is 1. The lowest BCUT2D eigenvalue weighted by Crippen LogP contribution is -2.52. The fourth-order valence-electron chi connectivity index (χ4n) is 5.01. The number of hydrogen-bond donors (Lipinski definition) is 7. The minimum atomic E-state index is -1.27. The van der Waals surface area contributed by atoms with Gasteiger partial charge in [-0.25, -0.2) is 0 Å². The molecule has 2 aliphatic carbocycles. The van der Waals surface area contributed by atoms with E-state index in [-0.39, 0.29) is 24.5 Å². The maximum absolute atomic E-state index is 12.7. The van der Waals surface area contributed by atoms with Crippen LogP contribution in [0.25, 0.3) is 0 Å². The molecule has 1 saturated carbocycles. The smallest absolute Gasteiger partial charge is 0.322 e. The first-order chi connectivity index (χ1) is 18.8. The van der Waals surface area contributed by atoms with Gasteiger partial charge in [-0.2, -0.15) is 0 Å². The van der Waals surface area contributed by atoms with Gasteiger partial charge in [-0.15, -0.1) is 11.8 Å². The Kier molecular flexibility index (Phi) is 12.9. The summed E-state index contributed by atoms with van der Waals surface area (Å²) < 4.78 is 5.47. The molecule has 14 heteroatoms. The van der Waals surface area contributed by atoms with Crippen LogP contribution in [0.2, 0.25) is 0 Å². The molecular formula is C26H42N4O9S. The number of carbonyl (C=O) groups excluding carboxylic acids is 2. The Balaban J connectivity index is 2.21. The van der Waals surface area contributed by atoms with Crippen LogP contribution < -0.4 is 16.4 Å². The van der Waals surface area contributed by atoms with Crippen LogP contribution in [0.15, 0.2) is 23.5 Å². The monoisotopic (exact) mass is 586 g/mol. The number of carboxylic acid groups (broad SMARTS) is 2. The Morgan fingerprint density at radius 1 is 1.25 bits per heavy atom. The maximum Gasteiger partial charge on any atom is 0.322 e. The third-order valence-electron chi connectivity index (χ3n) is 7.13. The zero-order valence-corrected chi connectivity index (χ0v) is 24.0. The molecule has 6 atom stereocenters. The van der Waals surface area contributed by atoms with E-state index in [1.54, 1.807) is 12.2 Å². The molecule has 8 N–H and O–H groups in total. The molecule has 1 fully saturated rings. The molecule has 2 amide bonds. The van der Waals surface area contributed by atoms with Gasteiger partial charge in [0.2, 0.25) is 11.8 Å². The number of aliphatic carboxylic acids is 2. The molecule has 2 rings (SSSR count). The summed E-state index contributed by atoms with van der Waals surface area (Å²) in [5.41, 5.74) is 4.64. The van der Waals surface area contributed by atoms with E-state index in [1.807, 2.05) is 19.0 Å². The molecule has 0 saturated heterocycles. The van der Waals surface area contributed by atoms with Crippen LogP contribution in [0.1, 0.15) is 38.5 Å². The molecule has 0 aromatic carbocycles. The Morgan fingerprint density at radius 3 is 2.55 bits per heavy atom. The quantitative estimate of drug-likeness (QED) is 0.127. The Labute approximate surface area is 238 Å². The standard InChI is InChI=1S/C26H42N4O9S/c1-30(2)13-15-6-4-5-9-26(15,38)17-10-16(39-3)11-20(23(17)34)40-14-19(24(35)28-12-22(32)33)29-21(31)8-7-18(27)25(36)37/h10-11,15,18-20,23,34,38H,4-9,12-14,27H2,1-3H3,(H,28,35)(H,29,31)(H,32,33)(H,36,37). The van der Waals surface area contributed by atoms with E-state index in [0.717, 1.165) is 31.0 Å². The van der Waals surface area contributed by atoms with E-state index in [0.29, 0.717) is 24.3 Å². The second kappa shape index (κ2) is 15.4. The first kappa shape index (κ1) is 33.6. The number of allylic oxidation sites excluding steroid dienone is 1. The number of aliphatic hydroxyl groups excluding tert-OH is 1. The van der Waals surface area contributed by atoms with Crippen molar-refractivity contribution in [3.63, 3.8) is 0 Å². The van der Waals surface area contributed by atoms with Crippen LogP contribution in [-0.4, -0.2) is 118 Å². The van der Waals surface area contributed by atoms with Crippen LogP contribution in [0.3, 0.4) is 0 Å². The Bertz CT molecular complexity index is 989. The molecule has 13 nitrogen and oxygen atoms in total. The van der Waals surface area contributed by atoms with Crippen LogP contribution in [0.4, 0.5) is 0 Å². The van der Waals surface area contributed by atoms with Crippen LogP contribution in [-0.2, 0) is 23.9 Å². The molecule has 6 unspecified atom stereocenters. The number of nitrogens with two attached hydrogens (primary N) is 1. The Hall–Kier alpha value is -2.65. The highest BCUT2D eigenvalue weighted by atomic mass is 32.2. The van der Waals surface area contributed by atoms with Gasteiger partial charge in [-0.05, 0) is 51.1 Å². The summed E-state index contributed by atoms with van der Waals surface area (Å²) in [6.07, 6.45) is 4.88. The molecule has 0 aliphatic heterocycles. The summed E-state index contributed by atoms with van der Waals surface area (Å²) in [7, 11) is 5.34.